The third-order valence-corrected chi connectivity index (χ3v) is 4.40. The van der Waals surface area contributed by atoms with E-state index in [1.807, 2.05) is 0 Å². The lowest BCUT2D eigenvalue weighted by Gasteiger charge is -2.16. The van der Waals surface area contributed by atoms with Crippen LogP contribution >= 0.6 is 11.6 Å². The molecule has 152 valence electrons. The normalized spacial score (nSPS) is 10.8. The number of nitrogens with one attached hydrogen (secondary N) is 1. The maximum absolute atomic E-state index is 14.2. The van der Waals surface area contributed by atoms with E-state index in [1.165, 1.54) is 34.9 Å². The van der Waals surface area contributed by atoms with Gasteiger partial charge in [0.05, 0.1) is 18.2 Å². The van der Waals surface area contributed by atoms with Crippen LogP contribution in [0.2, 0.25) is 5.02 Å². The van der Waals surface area contributed by atoms with Crippen LogP contribution in [-0.2, 0) is 6.54 Å². The number of hydrogen-bond acceptors (Lipinski definition) is 4. The largest absolute Gasteiger partial charge is 0.491 e. The van der Waals surface area contributed by atoms with Crippen LogP contribution in [0.15, 0.2) is 41.3 Å². The van der Waals surface area contributed by atoms with Crippen LogP contribution in [0.5, 0.6) is 5.75 Å². The average molecular weight is 424 g/mol. The zero-order chi connectivity index (χ0) is 21.1. The minimum atomic E-state index is -1.06. The van der Waals surface area contributed by atoms with Crippen molar-refractivity contribution in [3.05, 3.63) is 80.5 Å². The number of anilines is 2. The number of aryl methyl sites for hydroxylation is 1. The van der Waals surface area contributed by atoms with Crippen molar-refractivity contribution < 1.29 is 17.9 Å². The Hall–Kier alpha value is -3.00. The first-order valence-electron chi connectivity index (χ1n) is 8.69. The minimum Gasteiger partial charge on any atom is -0.491 e. The highest BCUT2D eigenvalue weighted by molar-refractivity contribution is 6.30. The Morgan fingerprint density at radius 2 is 1.90 bits per heavy atom. The zero-order valence-corrected chi connectivity index (χ0v) is 16.4. The summed E-state index contributed by atoms with van der Waals surface area (Å²) in [7, 11) is 0. The molecule has 5 nitrogen and oxygen atoms in total. The van der Waals surface area contributed by atoms with Gasteiger partial charge in [0.1, 0.15) is 5.82 Å². The molecule has 3 aromatic rings. The summed E-state index contributed by atoms with van der Waals surface area (Å²) in [5.41, 5.74) is 0.448. The maximum Gasteiger partial charge on any atom is 0.310 e. The quantitative estimate of drug-likeness (QED) is 0.618. The van der Waals surface area contributed by atoms with E-state index in [0.717, 1.165) is 6.20 Å². The highest BCUT2D eigenvalue weighted by Crippen LogP contribution is 2.28. The van der Waals surface area contributed by atoms with Crippen LogP contribution in [0.1, 0.15) is 18.1 Å². The highest BCUT2D eigenvalue weighted by atomic mass is 35.5. The van der Waals surface area contributed by atoms with Crippen LogP contribution in [0.25, 0.3) is 0 Å². The van der Waals surface area contributed by atoms with Crippen molar-refractivity contribution >= 4 is 23.2 Å². The van der Waals surface area contributed by atoms with Crippen LogP contribution in [-0.4, -0.2) is 16.2 Å². The molecule has 0 amide bonds. The summed E-state index contributed by atoms with van der Waals surface area (Å²) >= 11 is 5.79. The van der Waals surface area contributed by atoms with Gasteiger partial charge in [0.15, 0.2) is 11.6 Å². The number of hydrogen-bond donors (Lipinski definition) is 1. The van der Waals surface area contributed by atoms with Crippen molar-refractivity contribution in [1.82, 2.24) is 9.55 Å². The fourth-order valence-corrected chi connectivity index (χ4v) is 2.90. The molecule has 0 aliphatic carbocycles. The number of rotatable bonds is 6. The van der Waals surface area contributed by atoms with Gasteiger partial charge >= 0.3 is 5.56 Å². The zero-order valence-electron chi connectivity index (χ0n) is 15.6. The van der Waals surface area contributed by atoms with Gasteiger partial charge in [-0.2, -0.15) is 9.37 Å². The molecule has 0 aliphatic rings. The lowest BCUT2D eigenvalue weighted by atomic mass is 10.2. The van der Waals surface area contributed by atoms with Gasteiger partial charge in [0.25, 0.3) is 0 Å². The summed E-state index contributed by atoms with van der Waals surface area (Å²) in [5, 5.41) is 2.76. The first-order valence-corrected chi connectivity index (χ1v) is 9.07. The van der Waals surface area contributed by atoms with Gasteiger partial charge in [0.2, 0.25) is 11.8 Å². The number of aromatic nitrogens is 2. The van der Waals surface area contributed by atoms with E-state index in [0.29, 0.717) is 23.4 Å². The summed E-state index contributed by atoms with van der Waals surface area (Å²) in [4.78, 5) is 15.4. The molecule has 0 saturated carbocycles. The molecule has 29 heavy (non-hydrogen) atoms. The molecular formula is C20H17ClF3N3O2. The highest BCUT2D eigenvalue weighted by Gasteiger charge is 2.14. The molecule has 0 aliphatic heterocycles. The Kier molecular flexibility index (Phi) is 6.12. The van der Waals surface area contributed by atoms with Gasteiger partial charge in [-0.05, 0) is 43.2 Å². The topological polar surface area (TPSA) is 56.1 Å². The smallest absolute Gasteiger partial charge is 0.310 e. The SMILES string of the molecule is CCOc1cc(C)c(Nc2nc(=O)c(F)cn2Cc2ccc(F)c(Cl)c2)cc1F. The second-order valence-electron chi connectivity index (χ2n) is 6.25. The molecule has 1 heterocycles. The minimum absolute atomic E-state index is 0.0106. The summed E-state index contributed by atoms with van der Waals surface area (Å²) in [6.45, 7) is 3.81. The first-order chi connectivity index (χ1) is 13.8. The molecule has 0 unspecified atom stereocenters. The van der Waals surface area contributed by atoms with Crippen molar-refractivity contribution in [2.24, 2.45) is 0 Å². The molecule has 1 aromatic heterocycles. The molecule has 2 aromatic carbocycles. The van der Waals surface area contributed by atoms with Crippen molar-refractivity contribution in [2.45, 2.75) is 20.4 Å². The summed E-state index contributed by atoms with van der Waals surface area (Å²) in [6.07, 6.45) is 0.967. The molecule has 1 N–H and O–H groups in total. The Bertz CT molecular complexity index is 1120. The molecule has 0 saturated heterocycles. The van der Waals surface area contributed by atoms with Crippen LogP contribution < -0.4 is 15.6 Å². The predicted molar refractivity (Wildman–Crippen MR) is 105 cm³/mol. The van der Waals surface area contributed by atoms with Crippen molar-refractivity contribution in [3.63, 3.8) is 0 Å². The Morgan fingerprint density at radius 3 is 2.59 bits per heavy atom. The van der Waals surface area contributed by atoms with Crippen molar-refractivity contribution in [3.8, 4) is 5.75 Å². The van der Waals surface area contributed by atoms with Gasteiger partial charge in [-0.15, -0.1) is 0 Å². The second kappa shape index (κ2) is 8.57. The first kappa shape index (κ1) is 20.7. The van der Waals surface area contributed by atoms with E-state index >= 15 is 0 Å². The number of nitrogens with zero attached hydrogens (tertiary/aromatic N) is 2. The van der Waals surface area contributed by atoms with Crippen LogP contribution in [0, 0.1) is 24.4 Å². The third kappa shape index (κ3) is 4.71. The summed E-state index contributed by atoms with van der Waals surface area (Å²) < 4.78 is 48.0. The fraction of sp³-hybridized carbons (Fsp3) is 0.200. The predicted octanol–water partition coefficient (Wildman–Crippen LogP) is 4.81. The molecule has 0 fully saturated rings. The molecule has 9 heteroatoms. The van der Waals surface area contributed by atoms with E-state index in [4.69, 9.17) is 16.3 Å². The van der Waals surface area contributed by atoms with E-state index in [1.54, 1.807) is 13.8 Å². The summed E-state index contributed by atoms with van der Waals surface area (Å²) in [5.74, 6) is -2.15. The van der Waals surface area contributed by atoms with Crippen LogP contribution in [0.3, 0.4) is 0 Å². The van der Waals surface area contributed by atoms with Gasteiger partial charge < -0.3 is 14.6 Å². The lowest BCUT2D eigenvalue weighted by Crippen LogP contribution is -2.20. The number of ether oxygens (including phenoxy) is 1. The van der Waals surface area contributed by atoms with E-state index in [9.17, 15) is 18.0 Å². The van der Waals surface area contributed by atoms with E-state index in [2.05, 4.69) is 10.3 Å². The van der Waals surface area contributed by atoms with Crippen molar-refractivity contribution in [2.75, 3.05) is 11.9 Å². The van der Waals surface area contributed by atoms with Crippen LogP contribution in [0.4, 0.5) is 24.8 Å². The standard InChI is InChI=1S/C20H17ClF3N3O2/c1-3-29-18-6-11(2)17(8-15(18)23)25-20-26-19(28)16(24)10-27(20)9-12-4-5-14(22)13(21)7-12/h4-8,10H,3,9H2,1-2H3,(H,25,26,28). The number of benzene rings is 2. The number of halogens is 4. The average Bonchev–Trinajstić information content (AvgIpc) is 2.66. The third-order valence-electron chi connectivity index (χ3n) is 4.12. The van der Waals surface area contributed by atoms with Crippen molar-refractivity contribution in [1.29, 1.82) is 0 Å². The molecular weight excluding hydrogens is 407 g/mol. The maximum atomic E-state index is 14.2. The Morgan fingerprint density at radius 1 is 1.14 bits per heavy atom. The van der Waals surface area contributed by atoms with Gasteiger partial charge in [-0.1, -0.05) is 17.7 Å². The fourth-order valence-electron chi connectivity index (χ4n) is 2.70. The molecule has 0 spiro atoms. The second-order valence-corrected chi connectivity index (χ2v) is 6.66. The molecule has 0 atom stereocenters. The molecule has 3 rings (SSSR count). The van der Waals surface area contributed by atoms with Gasteiger partial charge in [-0.25, -0.2) is 8.78 Å². The van der Waals surface area contributed by atoms with E-state index < -0.39 is 23.0 Å². The Labute approximate surface area is 169 Å². The van der Waals surface area contributed by atoms with Gasteiger partial charge in [0, 0.05) is 18.0 Å². The molecule has 0 bridgehead atoms. The van der Waals surface area contributed by atoms with E-state index in [-0.39, 0.29) is 23.3 Å². The monoisotopic (exact) mass is 423 g/mol. The van der Waals surface area contributed by atoms with Gasteiger partial charge in [-0.3, -0.25) is 4.79 Å². The molecule has 0 radical (unpaired) electrons. The summed E-state index contributed by atoms with van der Waals surface area (Å²) in [6, 6.07) is 6.76. The lowest BCUT2D eigenvalue weighted by molar-refractivity contribution is 0.321. The Balaban J connectivity index is 1.99.